The summed E-state index contributed by atoms with van der Waals surface area (Å²) in [5, 5.41) is 10.5. The number of aromatic nitrogens is 1. The third-order valence-electron chi connectivity index (χ3n) is 2.04. The standard InChI is InChI=1S/C10H8ClNO/c11-6-7-3-4-9(13)10-8(7)2-1-5-12-10/h1-5,13H,6H2/p+1. The lowest BCUT2D eigenvalue weighted by molar-refractivity contribution is -0.345. The summed E-state index contributed by atoms with van der Waals surface area (Å²) in [5.41, 5.74) is 1.76. The molecule has 0 saturated carbocycles. The van der Waals surface area contributed by atoms with Crippen molar-refractivity contribution in [3.05, 3.63) is 36.0 Å². The number of pyridine rings is 1. The van der Waals surface area contributed by atoms with Crippen molar-refractivity contribution in [3.63, 3.8) is 0 Å². The average Bonchev–Trinajstić information content (AvgIpc) is 2.19. The van der Waals surface area contributed by atoms with Crippen LogP contribution in [0, 0.1) is 0 Å². The molecular weight excluding hydrogens is 186 g/mol. The van der Waals surface area contributed by atoms with Crippen LogP contribution in [0.25, 0.3) is 10.9 Å². The van der Waals surface area contributed by atoms with E-state index in [0.717, 1.165) is 16.5 Å². The Labute approximate surface area is 80.8 Å². The molecule has 2 nitrogen and oxygen atoms in total. The van der Waals surface area contributed by atoms with E-state index in [1.54, 1.807) is 12.3 Å². The van der Waals surface area contributed by atoms with E-state index in [2.05, 4.69) is 4.98 Å². The number of alkyl halides is 1. The lowest BCUT2D eigenvalue weighted by atomic mass is 10.1. The Kier molecular flexibility index (Phi) is 2.07. The zero-order chi connectivity index (χ0) is 9.26. The molecule has 0 saturated heterocycles. The molecule has 66 valence electrons. The molecule has 0 aliphatic heterocycles. The number of phenols is 1. The van der Waals surface area contributed by atoms with Crippen molar-refractivity contribution in [2.75, 3.05) is 0 Å². The van der Waals surface area contributed by atoms with Crippen molar-refractivity contribution < 1.29 is 10.1 Å². The maximum Gasteiger partial charge on any atom is 0.253 e. The number of nitrogens with one attached hydrogen (secondary N) is 1. The second kappa shape index (κ2) is 3.23. The van der Waals surface area contributed by atoms with Crippen molar-refractivity contribution in [1.82, 2.24) is 0 Å². The molecule has 3 heteroatoms. The fourth-order valence-corrected chi connectivity index (χ4v) is 1.62. The van der Waals surface area contributed by atoms with Gasteiger partial charge >= 0.3 is 0 Å². The normalized spacial score (nSPS) is 10.5. The van der Waals surface area contributed by atoms with Crippen LogP contribution in [0.2, 0.25) is 0 Å². The van der Waals surface area contributed by atoms with E-state index in [-0.39, 0.29) is 5.75 Å². The zero-order valence-electron chi connectivity index (χ0n) is 6.92. The molecule has 0 amide bonds. The van der Waals surface area contributed by atoms with E-state index in [1.807, 2.05) is 18.2 Å². The minimum atomic E-state index is 0.254. The molecule has 1 aromatic carbocycles. The van der Waals surface area contributed by atoms with Crippen LogP contribution >= 0.6 is 11.6 Å². The number of benzene rings is 1. The summed E-state index contributed by atoms with van der Waals surface area (Å²) in [6.07, 6.45) is 1.78. The van der Waals surface area contributed by atoms with E-state index >= 15 is 0 Å². The van der Waals surface area contributed by atoms with Gasteiger partial charge < -0.3 is 5.11 Å². The molecule has 1 aromatic heterocycles. The van der Waals surface area contributed by atoms with Crippen molar-refractivity contribution in [1.29, 1.82) is 0 Å². The Morgan fingerprint density at radius 1 is 1.31 bits per heavy atom. The maximum absolute atomic E-state index is 9.52. The Hall–Kier alpha value is -1.28. The number of phenolic OH excluding ortho intramolecular Hbond substituents is 1. The number of hydrogen-bond acceptors (Lipinski definition) is 1. The first-order chi connectivity index (χ1) is 6.33. The molecule has 1 heterocycles. The second-order valence-electron chi connectivity index (χ2n) is 2.84. The van der Waals surface area contributed by atoms with Crippen molar-refractivity contribution in [3.8, 4) is 5.75 Å². The molecule has 2 rings (SSSR count). The van der Waals surface area contributed by atoms with Gasteiger partial charge in [-0.3, -0.25) is 0 Å². The van der Waals surface area contributed by atoms with Crippen molar-refractivity contribution in [2.24, 2.45) is 0 Å². The quantitative estimate of drug-likeness (QED) is 0.694. The van der Waals surface area contributed by atoms with Crippen molar-refractivity contribution >= 4 is 22.5 Å². The Balaban J connectivity index is 2.84. The third-order valence-corrected chi connectivity index (χ3v) is 2.33. The fourth-order valence-electron chi connectivity index (χ4n) is 1.39. The lowest BCUT2D eigenvalue weighted by Crippen LogP contribution is -2.02. The molecule has 0 unspecified atom stereocenters. The van der Waals surface area contributed by atoms with Crippen LogP contribution in [0.5, 0.6) is 5.75 Å². The second-order valence-corrected chi connectivity index (χ2v) is 3.10. The van der Waals surface area contributed by atoms with Gasteiger partial charge in [0, 0.05) is 11.9 Å². The summed E-state index contributed by atoms with van der Waals surface area (Å²) in [6, 6.07) is 7.30. The molecule has 0 aliphatic carbocycles. The molecule has 2 aromatic rings. The Morgan fingerprint density at radius 3 is 2.92 bits per heavy atom. The van der Waals surface area contributed by atoms with Gasteiger partial charge in [0.1, 0.15) is 0 Å². The number of aromatic amines is 1. The summed E-state index contributed by atoms with van der Waals surface area (Å²) >= 11 is 5.76. The summed E-state index contributed by atoms with van der Waals surface area (Å²) < 4.78 is 0. The third kappa shape index (κ3) is 1.33. The summed E-state index contributed by atoms with van der Waals surface area (Å²) in [7, 11) is 0. The Bertz CT molecular complexity index is 442. The van der Waals surface area contributed by atoms with Crippen LogP contribution in [0.3, 0.4) is 0 Å². The number of rotatable bonds is 1. The Morgan fingerprint density at radius 2 is 2.15 bits per heavy atom. The van der Waals surface area contributed by atoms with Gasteiger partial charge in [-0.1, -0.05) is 6.07 Å². The van der Waals surface area contributed by atoms with Gasteiger partial charge in [-0.05, 0) is 17.7 Å². The van der Waals surface area contributed by atoms with Gasteiger partial charge in [0.2, 0.25) is 0 Å². The summed E-state index contributed by atoms with van der Waals surface area (Å²) in [5.74, 6) is 0.707. The molecular formula is C10H9ClNO+. The highest BCUT2D eigenvalue weighted by Gasteiger charge is 2.08. The fraction of sp³-hybridized carbons (Fsp3) is 0.100. The van der Waals surface area contributed by atoms with Crippen LogP contribution in [0.1, 0.15) is 5.56 Å². The first kappa shape index (κ1) is 8.32. The molecule has 0 bridgehead atoms. The van der Waals surface area contributed by atoms with Gasteiger partial charge in [-0.15, -0.1) is 11.6 Å². The van der Waals surface area contributed by atoms with Gasteiger partial charge in [0.25, 0.3) is 5.52 Å². The highest BCUT2D eigenvalue weighted by molar-refractivity contribution is 6.18. The smallest absolute Gasteiger partial charge is 0.253 e. The molecule has 0 aliphatic rings. The highest BCUT2D eigenvalue weighted by atomic mass is 35.5. The number of halogens is 1. The van der Waals surface area contributed by atoms with E-state index in [0.29, 0.717) is 5.88 Å². The topological polar surface area (TPSA) is 34.4 Å². The molecule has 0 radical (unpaired) electrons. The van der Waals surface area contributed by atoms with Crippen LogP contribution in [0.4, 0.5) is 0 Å². The van der Waals surface area contributed by atoms with E-state index in [4.69, 9.17) is 11.6 Å². The lowest BCUT2D eigenvalue weighted by Gasteiger charge is -1.99. The number of hydrogen-bond donors (Lipinski definition) is 1. The van der Waals surface area contributed by atoms with Crippen molar-refractivity contribution in [2.45, 2.75) is 5.88 Å². The molecule has 2 N–H and O–H groups in total. The molecule has 13 heavy (non-hydrogen) atoms. The SMILES string of the molecule is Oc1ccc(CCl)c2ccc[nH+]c12. The van der Waals surface area contributed by atoms with Gasteiger partial charge in [-0.25, -0.2) is 4.98 Å². The van der Waals surface area contributed by atoms with Gasteiger partial charge in [0.15, 0.2) is 11.9 Å². The first-order valence-electron chi connectivity index (χ1n) is 4.00. The van der Waals surface area contributed by atoms with E-state index < -0.39 is 0 Å². The number of fused-ring (bicyclic) bond motifs is 1. The number of aromatic hydroxyl groups is 1. The van der Waals surface area contributed by atoms with Gasteiger partial charge in [-0.2, -0.15) is 0 Å². The predicted octanol–water partition coefficient (Wildman–Crippen LogP) is 2.10. The first-order valence-corrected chi connectivity index (χ1v) is 4.53. The van der Waals surface area contributed by atoms with Crippen LogP contribution < -0.4 is 4.98 Å². The van der Waals surface area contributed by atoms with E-state index in [1.165, 1.54) is 0 Å². The van der Waals surface area contributed by atoms with Crippen LogP contribution in [-0.2, 0) is 5.88 Å². The number of H-pyrrole nitrogens is 1. The minimum Gasteiger partial charge on any atom is -0.502 e. The summed E-state index contributed by atoms with van der Waals surface area (Å²) in [4.78, 5) is 2.99. The van der Waals surface area contributed by atoms with Gasteiger partial charge in [0.05, 0.1) is 5.39 Å². The maximum atomic E-state index is 9.52. The van der Waals surface area contributed by atoms with E-state index in [9.17, 15) is 5.11 Å². The molecule has 0 fully saturated rings. The monoisotopic (exact) mass is 194 g/mol. The zero-order valence-corrected chi connectivity index (χ0v) is 7.67. The average molecular weight is 195 g/mol. The predicted molar refractivity (Wildman–Crippen MR) is 51.7 cm³/mol. The highest BCUT2D eigenvalue weighted by Crippen LogP contribution is 2.24. The summed E-state index contributed by atoms with van der Waals surface area (Å²) in [6.45, 7) is 0. The van der Waals surface area contributed by atoms with Crippen LogP contribution in [0.15, 0.2) is 30.5 Å². The van der Waals surface area contributed by atoms with Crippen LogP contribution in [-0.4, -0.2) is 5.11 Å². The molecule has 0 spiro atoms. The molecule has 0 atom stereocenters. The minimum absolute atomic E-state index is 0.254. The largest absolute Gasteiger partial charge is 0.502 e.